The second kappa shape index (κ2) is 5.40. The van der Waals surface area contributed by atoms with Crippen LogP contribution in [0, 0.1) is 5.82 Å². The molecule has 6 nitrogen and oxygen atoms in total. The van der Waals surface area contributed by atoms with Gasteiger partial charge in [0.2, 0.25) is 5.95 Å². The summed E-state index contributed by atoms with van der Waals surface area (Å²) in [6.07, 6.45) is 0.689. The number of aromatic nitrogens is 2. The molecule has 0 unspecified atom stereocenters. The molecule has 1 amide bonds. The number of halogens is 1. The molecule has 1 fully saturated rings. The van der Waals surface area contributed by atoms with Crippen LogP contribution in [0.4, 0.5) is 15.1 Å². The molecule has 1 aromatic carbocycles. The highest BCUT2D eigenvalue weighted by Gasteiger charge is 2.33. The maximum absolute atomic E-state index is 13.2. The molecule has 0 bridgehead atoms. The molecule has 2 aromatic rings. The van der Waals surface area contributed by atoms with E-state index >= 15 is 0 Å². The van der Waals surface area contributed by atoms with Crippen LogP contribution in [-0.4, -0.2) is 51.2 Å². The second-order valence-electron chi connectivity index (χ2n) is 5.67. The van der Waals surface area contributed by atoms with Crippen LogP contribution in [0.15, 0.2) is 24.4 Å². The van der Waals surface area contributed by atoms with Crippen LogP contribution >= 0.6 is 0 Å². The van der Waals surface area contributed by atoms with Crippen LogP contribution in [0.25, 0.3) is 10.9 Å². The first-order valence-corrected chi connectivity index (χ1v) is 7.14. The lowest BCUT2D eigenvalue weighted by Crippen LogP contribution is -2.58. The quantitative estimate of drug-likeness (QED) is 0.875. The fraction of sp³-hybridized carbons (Fsp3) is 0.400. The molecular weight excluding hydrogens is 287 g/mol. The molecule has 0 aliphatic carbocycles. The van der Waals surface area contributed by atoms with E-state index in [1.807, 2.05) is 18.7 Å². The highest BCUT2D eigenvalue weighted by molar-refractivity contribution is 5.78. The fourth-order valence-electron chi connectivity index (χ4n) is 3.01. The Bertz CT molecular complexity index is 712. The van der Waals surface area contributed by atoms with Crippen molar-refractivity contribution in [2.24, 2.45) is 0 Å². The van der Waals surface area contributed by atoms with Crippen molar-refractivity contribution in [1.82, 2.24) is 14.9 Å². The molecule has 1 aliphatic heterocycles. The van der Waals surface area contributed by atoms with Crippen molar-refractivity contribution in [3.63, 3.8) is 0 Å². The predicted molar refractivity (Wildman–Crippen MR) is 80.5 cm³/mol. The normalized spacial score (nSPS) is 22.1. The molecule has 1 saturated heterocycles. The van der Waals surface area contributed by atoms with Crippen molar-refractivity contribution in [2.75, 3.05) is 18.0 Å². The van der Waals surface area contributed by atoms with Gasteiger partial charge >= 0.3 is 6.09 Å². The number of carboxylic acid groups (broad SMARTS) is 1. The Morgan fingerprint density at radius 2 is 2.00 bits per heavy atom. The molecule has 3 rings (SSSR count). The fourth-order valence-corrected chi connectivity index (χ4v) is 3.01. The van der Waals surface area contributed by atoms with Crippen molar-refractivity contribution >= 4 is 22.9 Å². The summed E-state index contributed by atoms with van der Waals surface area (Å²) >= 11 is 0. The lowest BCUT2D eigenvalue weighted by Gasteiger charge is -2.42. The van der Waals surface area contributed by atoms with Gasteiger partial charge < -0.3 is 10.0 Å². The number of hydrogen-bond acceptors (Lipinski definition) is 4. The van der Waals surface area contributed by atoms with Crippen molar-refractivity contribution < 1.29 is 14.3 Å². The third-order valence-corrected chi connectivity index (χ3v) is 3.95. The molecule has 116 valence electrons. The molecule has 7 heteroatoms. The summed E-state index contributed by atoms with van der Waals surface area (Å²) in [4.78, 5) is 23.4. The van der Waals surface area contributed by atoms with E-state index in [9.17, 15) is 14.3 Å². The molecule has 0 spiro atoms. The summed E-state index contributed by atoms with van der Waals surface area (Å²) in [5.74, 6) is 0.226. The van der Waals surface area contributed by atoms with Gasteiger partial charge in [-0.1, -0.05) is 0 Å². The monoisotopic (exact) mass is 304 g/mol. The molecule has 0 saturated carbocycles. The first kappa shape index (κ1) is 14.5. The van der Waals surface area contributed by atoms with E-state index < -0.39 is 6.09 Å². The highest BCUT2D eigenvalue weighted by atomic mass is 19.1. The minimum Gasteiger partial charge on any atom is -0.465 e. The van der Waals surface area contributed by atoms with Gasteiger partial charge in [-0.05, 0) is 32.0 Å². The zero-order valence-corrected chi connectivity index (χ0v) is 12.4. The van der Waals surface area contributed by atoms with Crippen molar-refractivity contribution in [1.29, 1.82) is 0 Å². The number of piperazine rings is 1. The molecule has 1 N–H and O–H groups in total. The smallest absolute Gasteiger partial charge is 0.407 e. The Hall–Kier alpha value is -2.44. The van der Waals surface area contributed by atoms with Crippen molar-refractivity contribution in [3.05, 3.63) is 30.2 Å². The molecule has 1 aliphatic rings. The summed E-state index contributed by atoms with van der Waals surface area (Å²) in [6.45, 7) is 4.80. The van der Waals surface area contributed by atoms with Gasteiger partial charge in [0.05, 0.1) is 17.6 Å². The Labute approximate surface area is 127 Å². The maximum Gasteiger partial charge on any atom is 0.407 e. The minimum atomic E-state index is -0.908. The van der Waals surface area contributed by atoms with Crippen LogP contribution in [0.5, 0.6) is 0 Å². The van der Waals surface area contributed by atoms with Gasteiger partial charge in [-0.15, -0.1) is 0 Å². The number of benzene rings is 1. The third kappa shape index (κ3) is 2.54. The Morgan fingerprint density at radius 1 is 1.32 bits per heavy atom. The third-order valence-electron chi connectivity index (χ3n) is 3.95. The molecule has 2 atom stereocenters. The van der Waals surface area contributed by atoms with E-state index in [-0.39, 0.29) is 17.9 Å². The zero-order valence-electron chi connectivity index (χ0n) is 12.4. The second-order valence-corrected chi connectivity index (χ2v) is 5.67. The Morgan fingerprint density at radius 3 is 2.64 bits per heavy atom. The number of rotatable bonds is 1. The largest absolute Gasteiger partial charge is 0.465 e. The molecule has 1 aromatic heterocycles. The maximum atomic E-state index is 13.2. The van der Waals surface area contributed by atoms with Gasteiger partial charge in [-0.25, -0.2) is 19.2 Å². The van der Waals surface area contributed by atoms with E-state index in [1.165, 1.54) is 17.0 Å². The Balaban J connectivity index is 1.88. The standard InChI is InChI=1S/C15H17FN4O2/c1-9-7-19(8-10(2)20(9)15(21)22)14-17-6-11-5-12(16)3-4-13(11)18-14/h3-6,9-10H,7-8H2,1-2H3,(H,21,22)/t9-,10+. The zero-order chi connectivity index (χ0) is 15.9. The van der Waals surface area contributed by atoms with E-state index in [2.05, 4.69) is 9.97 Å². The van der Waals surface area contributed by atoms with Gasteiger partial charge in [0.25, 0.3) is 0 Å². The van der Waals surface area contributed by atoms with Crippen LogP contribution in [0.1, 0.15) is 13.8 Å². The first-order valence-electron chi connectivity index (χ1n) is 7.14. The van der Waals surface area contributed by atoms with E-state index in [4.69, 9.17) is 0 Å². The average molecular weight is 304 g/mol. The number of nitrogens with zero attached hydrogens (tertiary/aromatic N) is 4. The van der Waals surface area contributed by atoms with Gasteiger partial charge in [0, 0.05) is 24.7 Å². The first-order chi connectivity index (χ1) is 10.5. The SMILES string of the molecule is C[C@@H]1CN(c2ncc3cc(F)ccc3n2)C[C@H](C)N1C(=O)O. The minimum absolute atomic E-state index is 0.145. The number of fused-ring (bicyclic) bond motifs is 1. The highest BCUT2D eigenvalue weighted by Crippen LogP contribution is 2.22. The molecular formula is C15H17FN4O2. The Kier molecular flexibility index (Phi) is 3.56. The number of hydrogen-bond donors (Lipinski definition) is 1. The molecule has 22 heavy (non-hydrogen) atoms. The van der Waals surface area contributed by atoms with Gasteiger partial charge in [0.1, 0.15) is 5.82 Å². The topological polar surface area (TPSA) is 69.6 Å². The summed E-state index contributed by atoms with van der Waals surface area (Å²) < 4.78 is 13.2. The van der Waals surface area contributed by atoms with Crippen molar-refractivity contribution in [2.45, 2.75) is 25.9 Å². The lowest BCUT2D eigenvalue weighted by molar-refractivity contribution is 0.0979. The number of amides is 1. The average Bonchev–Trinajstić information content (AvgIpc) is 2.45. The summed E-state index contributed by atoms with van der Waals surface area (Å²) in [7, 11) is 0. The van der Waals surface area contributed by atoms with Crippen LogP contribution in [-0.2, 0) is 0 Å². The number of anilines is 1. The van der Waals surface area contributed by atoms with Gasteiger partial charge in [-0.3, -0.25) is 4.90 Å². The van der Waals surface area contributed by atoms with Crippen LogP contribution < -0.4 is 4.90 Å². The van der Waals surface area contributed by atoms with E-state index in [0.717, 1.165) is 0 Å². The summed E-state index contributed by atoms with van der Waals surface area (Å²) in [6, 6.07) is 4.10. The van der Waals surface area contributed by atoms with Crippen LogP contribution in [0.3, 0.4) is 0 Å². The van der Waals surface area contributed by atoms with Crippen LogP contribution in [0.2, 0.25) is 0 Å². The molecule has 2 heterocycles. The van der Waals surface area contributed by atoms with E-state index in [1.54, 1.807) is 12.3 Å². The molecule has 0 radical (unpaired) electrons. The van der Waals surface area contributed by atoms with Gasteiger partial charge in [-0.2, -0.15) is 0 Å². The van der Waals surface area contributed by atoms with E-state index in [0.29, 0.717) is 29.9 Å². The predicted octanol–water partition coefficient (Wildman–Crippen LogP) is 2.35. The van der Waals surface area contributed by atoms with Crippen molar-refractivity contribution in [3.8, 4) is 0 Å². The number of carbonyl (C=O) groups is 1. The summed E-state index contributed by atoms with van der Waals surface area (Å²) in [5, 5.41) is 9.89. The summed E-state index contributed by atoms with van der Waals surface area (Å²) in [5.41, 5.74) is 0.673. The van der Waals surface area contributed by atoms with Gasteiger partial charge in [0.15, 0.2) is 0 Å². The lowest BCUT2D eigenvalue weighted by atomic mass is 10.1.